The Labute approximate surface area is 93.9 Å². The fourth-order valence-electron chi connectivity index (χ4n) is 1.56. The molecule has 1 saturated heterocycles. The topological polar surface area (TPSA) is 75.3 Å². The van der Waals surface area contributed by atoms with Crippen LogP contribution in [0.4, 0.5) is 0 Å². The fraction of sp³-hybridized carbons (Fsp3) is 0.300. The fourth-order valence-corrected chi connectivity index (χ4v) is 2.81. The van der Waals surface area contributed by atoms with E-state index in [-0.39, 0.29) is 10.8 Å². The number of hydrogen-bond donors (Lipinski definition) is 2. The first-order chi connectivity index (χ1) is 7.59. The van der Waals surface area contributed by atoms with Crippen molar-refractivity contribution in [1.29, 1.82) is 0 Å². The van der Waals surface area contributed by atoms with E-state index >= 15 is 0 Å². The van der Waals surface area contributed by atoms with Crippen molar-refractivity contribution in [2.45, 2.75) is 17.4 Å². The molecule has 0 unspecified atom stereocenters. The molecular weight excluding hydrogens is 228 g/mol. The van der Waals surface area contributed by atoms with Gasteiger partial charge in [-0.1, -0.05) is 18.2 Å². The lowest BCUT2D eigenvalue weighted by Crippen LogP contribution is -2.40. The number of amides is 1. The summed E-state index contributed by atoms with van der Waals surface area (Å²) in [4.78, 5) is 11.4. The van der Waals surface area contributed by atoms with Crippen molar-refractivity contribution >= 4 is 15.9 Å². The van der Waals surface area contributed by atoms with Crippen molar-refractivity contribution in [3.8, 4) is 0 Å². The predicted octanol–water partition coefficient (Wildman–Crippen LogP) is -0.147. The number of nitrogens with one attached hydrogen (secondary N) is 2. The van der Waals surface area contributed by atoms with Gasteiger partial charge in [0.05, 0.1) is 4.90 Å². The van der Waals surface area contributed by atoms with Gasteiger partial charge in [-0.2, -0.15) is 4.72 Å². The second kappa shape index (κ2) is 4.23. The maximum atomic E-state index is 11.8. The Balaban J connectivity index is 2.18. The molecule has 0 aromatic heterocycles. The molecule has 2 N–H and O–H groups in total. The van der Waals surface area contributed by atoms with E-state index in [4.69, 9.17) is 0 Å². The number of hydrogen-bond acceptors (Lipinski definition) is 3. The molecule has 16 heavy (non-hydrogen) atoms. The van der Waals surface area contributed by atoms with Gasteiger partial charge in [-0.3, -0.25) is 4.79 Å². The third-order valence-electron chi connectivity index (χ3n) is 2.40. The van der Waals surface area contributed by atoms with E-state index in [1.807, 2.05) is 0 Å². The summed E-state index contributed by atoms with van der Waals surface area (Å²) >= 11 is 0. The molecular formula is C10H12N2O3S. The van der Waals surface area contributed by atoms with E-state index in [9.17, 15) is 13.2 Å². The summed E-state index contributed by atoms with van der Waals surface area (Å²) in [6.07, 6.45) is 0.491. The number of benzene rings is 1. The normalized spacial score (nSPS) is 20.8. The Hall–Kier alpha value is -1.40. The third-order valence-corrected chi connectivity index (χ3v) is 3.89. The maximum Gasteiger partial charge on any atom is 0.241 e. The van der Waals surface area contributed by atoms with Crippen molar-refractivity contribution < 1.29 is 13.2 Å². The minimum absolute atomic E-state index is 0.176. The molecule has 0 bridgehead atoms. The summed E-state index contributed by atoms with van der Waals surface area (Å²) in [6.45, 7) is 0.515. The van der Waals surface area contributed by atoms with Gasteiger partial charge >= 0.3 is 0 Å². The first kappa shape index (κ1) is 11.1. The highest BCUT2D eigenvalue weighted by atomic mass is 32.2. The molecule has 0 aliphatic carbocycles. The largest absolute Gasteiger partial charge is 0.355 e. The zero-order chi connectivity index (χ0) is 11.6. The molecule has 1 aliphatic rings. The summed E-state index contributed by atoms with van der Waals surface area (Å²) in [5, 5.41) is 2.58. The Morgan fingerprint density at radius 3 is 2.50 bits per heavy atom. The molecule has 1 fully saturated rings. The van der Waals surface area contributed by atoms with Gasteiger partial charge in [0.2, 0.25) is 15.9 Å². The van der Waals surface area contributed by atoms with Gasteiger partial charge in [0, 0.05) is 6.54 Å². The lowest BCUT2D eigenvalue weighted by molar-refractivity contribution is -0.120. The van der Waals surface area contributed by atoms with Crippen LogP contribution in [-0.4, -0.2) is 26.9 Å². The lowest BCUT2D eigenvalue weighted by Gasteiger charge is -2.10. The van der Waals surface area contributed by atoms with E-state index in [1.165, 1.54) is 12.1 Å². The van der Waals surface area contributed by atoms with Gasteiger partial charge in [0.15, 0.2) is 0 Å². The molecule has 86 valence electrons. The van der Waals surface area contributed by atoms with Crippen LogP contribution in [0.5, 0.6) is 0 Å². The average Bonchev–Trinajstić information content (AvgIpc) is 2.65. The minimum Gasteiger partial charge on any atom is -0.355 e. The van der Waals surface area contributed by atoms with Gasteiger partial charge in [0.1, 0.15) is 6.04 Å². The maximum absolute atomic E-state index is 11.8. The Morgan fingerprint density at radius 2 is 1.94 bits per heavy atom. The molecule has 5 nitrogen and oxygen atoms in total. The highest BCUT2D eigenvalue weighted by Crippen LogP contribution is 2.10. The third kappa shape index (κ3) is 2.23. The summed E-state index contributed by atoms with van der Waals surface area (Å²) in [5.74, 6) is -0.264. The SMILES string of the molecule is O=C1NCC[C@H]1NS(=O)(=O)c1ccccc1. The molecule has 1 amide bonds. The molecule has 1 aromatic carbocycles. The summed E-state index contributed by atoms with van der Waals surface area (Å²) in [7, 11) is -3.59. The molecule has 1 heterocycles. The predicted molar refractivity (Wildman–Crippen MR) is 58.2 cm³/mol. The van der Waals surface area contributed by atoms with E-state index in [1.54, 1.807) is 18.2 Å². The van der Waals surface area contributed by atoms with Gasteiger partial charge < -0.3 is 5.32 Å². The van der Waals surface area contributed by atoms with Gasteiger partial charge in [-0.05, 0) is 18.6 Å². The van der Waals surface area contributed by atoms with Crippen LogP contribution in [-0.2, 0) is 14.8 Å². The highest BCUT2D eigenvalue weighted by Gasteiger charge is 2.28. The molecule has 2 rings (SSSR count). The zero-order valence-corrected chi connectivity index (χ0v) is 9.33. The van der Waals surface area contributed by atoms with Crippen LogP contribution >= 0.6 is 0 Å². The van der Waals surface area contributed by atoms with Crippen molar-refractivity contribution in [1.82, 2.24) is 10.0 Å². The van der Waals surface area contributed by atoms with Crippen LogP contribution in [0.3, 0.4) is 0 Å². The molecule has 1 atom stereocenters. The van der Waals surface area contributed by atoms with Crippen molar-refractivity contribution in [2.75, 3.05) is 6.54 Å². The molecule has 6 heteroatoms. The second-order valence-electron chi connectivity index (χ2n) is 3.57. The van der Waals surface area contributed by atoms with Gasteiger partial charge in [-0.25, -0.2) is 8.42 Å². The van der Waals surface area contributed by atoms with E-state index in [2.05, 4.69) is 10.0 Å². The first-order valence-corrected chi connectivity index (χ1v) is 6.43. The van der Waals surface area contributed by atoms with Crippen LogP contribution in [0, 0.1) is 0 Å². The Bertz CT molecular complexity index is 484. The van der Waals surface area contributed by atoms with E-state index in [0.717, 1.165) is 0 Å². The van der Waals surface area contributed by atoms with Crippen LogP contribution in [0.2, 0.25) is 0 Å². The van der Waals surface area contributed by atoms with Crippen LogP contribution in [0.1, 0.15) is 6.42 Å². The average molecular weight is 240 g/mol. The summed E-state index contributed by atoms with van der Waals surface area (Å²) in [5.41, 5.74) is 0. The van der Waals surface area contributed by atoms with Crippen molar-refractivity contribution in [3.63, 3.8) is 0 Å². The van der Waals surface area contributed by atoms with E-state index in [0.29, 0.717) is 13.0 Å². The number of rotatable bonds is 3. The molecule has 0 radical (unpaired) electrons. The molecule has 1 aromatic rings. The van der Waals surface area contributed by atoms with Crippen molar-refractivity contribution in [2.24, 2.45) is 0 Å². The highest BCUT2D eigenvalue weighted by molar-refractivity contribution is 7.89. The smallest absolute Gasteiger partial charge is 0.241 e. The minimum atomic E-state index is -3.59. The Morgan fingerprint density at radius 1 is 1.25 bits per heavy atom. The number of carbonyl (C=O) groups excluding carboxylic acids is 1. The van der Waals surface area contributed by atoms with Gasteiger partial charge in [-0.15, -0.1) is 0 Å². The van der Waals surface area contributed by atoms with Crippen molar-refractivity contribution in [3.05, 3.63) is 30.3 Å². The van der Waals surface area contributed by atoms with Gasteiger partial charge in [0.25, 0.3) is 0 Å². The quantitative estimate of drug-likeness (QED) is 0.771. The second-order valence-corrected chi connectivity index (χ2v) is 5.28. The standard InChI is InChI=1S/C10H12N2O3S/c13-10-9(6-7-11-10)12-16(14,15)8-4-2-1-3-5-8/h1-5,9,12H,6-7H2,(H,11,13)/t9-/m1/s1. The molecule has 0 saturated carbocycles. The monoisotopic (exact) mass is 240 g/mol. The molecule has 0 spiro atoms. The first-order valence-electron chi connectivity index (χ1n) is 4.95. The summed E-state index contributed by atoms with van der Waals surface area (Å²) in [6, 6.07) is 7.36. The number of carbonyl (C=O) groups is 1. The van der Waals surface area contributed by atoms with Crippen LogP contribution < -0.4 is 10.0 Å². The summed E-state index contributed by atoms with van der Waals surface area (Å²) < 4.78 is 26.1. The zero-order valence-electron chi connectivity index (χ0n) is 8.51. The molecule has 1 aliphatic heterocycles. The Kier molecular flexibility index (Phi) is 2.93. The van der Waals surface area contributed by atoms with Crippen LogP contribution in [0.15, 0.2) is 35.2 Å². The van der Waals surface area contributed by atoms with E-state index < -0.39 is 16.1 Å². The lowest BCUT2D eigenvalue weighted by atomic mass is 10.3. The number of sulfonamides is 1. The van der Waals surface area contributed by atoms with Crippen LogP contribution in [0.25, 0.3) is 0 Å².